The van der Waals surface area contributed by atoms with Crippen molar-refractivity contribution < 1.29 is 39.1 Å². The number of aliphatic hydroxyl groups excluding tert-OH is 1. The molecule has 0 spiro atoms. The minimum absolute atomic E-state index is 0.00659. The molecule has 2 saturated heterocycles. The van der Waals surface area contributed by atoms with Crippen molar-refractivity contribution >= 4 is 11.8 Å². The van der Waals surface area contributed by atoms with Gasteiger partial charge in [-0.05, 0) is 88.2 Å². The Bertz CT molecular complexity index is 1120. The Morgan fingerprint density at radius 2 is 1.81 bits per heavy atom. The van der Waals surface area contributed by atoms with E-state index in [1.54, 1.807) is 13.0 Å². The van der Waals surface area contributed by atoms with Crippen molar-refractivity contribution in [2.75, 3.05) is 7.11 Å². The number of hydrogen-bond acceptors (Lipinski definition) is 7. The monoisotopic (exact) mass is 604 g/mol. The van der Waals surface area contributed by atoms with E-state index in [1.165, 1.54) is 7.11 Å². The summed E-state index contributed by atoms with van der Waals surface area (Å²) in [7, 11) is 1.47. The third-order valence-electron chi connectivity index (χ3n) is 10.8. The second kappa shape index (κ2) is 14.4. The molecule has 2 heterocycles. The number of methoxy groups -OCH3 is 1. The number of ether oxygens (including phenoxy) is 3. The molecule has 0 aliphatic carbocycles. The maximum Gasteiger partial charge on any atom is 0.339 e. The number of aryl methyl sites for hydroxylation is 2. The molecule has 0 aromatic heterocycles. The van der Waals surface area contributed by atoms with Crippen molar-refractivity contribution in [3.05, 3.63) is 28.8 Å². The van der Waals surface area contributed by atoms with Crippen LogP contribution in [0.3, 0.4) is 0 Å². The van der Waals surface area contributed by atoms with Gasteiger partial charge in [-0.25, -0.2) is 4.79 Å². The van der Waals surface area contributed by atoms with Crippen molar-refractivity contribution in [3.63, 3.8) is 0 Å². The van der Waals surface area contributed by atoms with Crippen LogP contribution < -0.4 is 4.74 Å². The third-order valence-corrected chi connectivity index (χ3v) is 10.8. The van der Waals surface area contributed by atoms with Gasteiger partial charge in [0, 0.05) is 11.8 Å². The molecular formula is C35H56O8. The molecule has 244 valence electrons. The lowest BCUT2D eigenvalue weighted by molar-refractivity contribution is -0.229. The van der Waals surface area contributed by atoms with Gasteiger partial charge in [0.15, 0.2) is 0 Å². The molecule has 8 nitrogen and oxygen atoms in total. The van der Waals surface area contributed by atoms with E-state index < -0.39 is 29.2 Å². The van der Waals surface area contributed by atoms with Crippen LogP contribution in [-0.4, -0.2) is 69.8 Å². The Balaban J connectivity index is 1.70. The van der Waals surface area contributed by atoms with Crippen LogP contribution in [0.15, 0.2) is 12.1 Å². The number of hydrogen-bond donors (Lipinski definition) is 3. The van der Waals surface area contributed by atoms with Gasteiger partial charge in [0.1, 0.15) is 17.1 Å². The Kier molecular flexibility index (Phi) is 11.9. The van der Waals surface area contributed by atoms with E-state index in [1.807, 2.05) is 40.7 Å². The van der Waals surface area contributed by atoms with Crippen molar-refractivity contribution in [2.45, 2.75) is 142 Å². The molecule has 10 atom stereocenters. The molecule has 0 amide bonds. The van der Waals surface area contributed by atoms with Gasteiger partial charge >= 0.3 is 5.97 Å². The third kappa shape index (κ3) is 7.13. The zero-order valence-electron chi connectivity index (χ0n) is 27.8. The molecule has 1 aromatic carbocycles. The summed E-state index contributed by atoms with van der Waals surface area (Å²) in [6.07, 6.45) is 3.60. The minimum Gasteiger partial charge on any atom is -0.496 e. The maximum absolute atomic E-state index is 13.9. The van der Waals surface area contributed by atoms with Gasteiger partial charge in [-0.15, -0.1) is 0 Å². The summed E-state index contributed by atoms with van der Waals surface area (Å²) in [6.45, 7) is 15.7. The normalized spacial score (nSPS) is 32.2. The van der Waals surface area contributed by atoms with Crippen molar-refractivity contribution in [3.8, 4) is 5.75 Å². The number of benzene rings is 1. The van der Waals surface area contributed by atoms with Gasteiger partial charge in [0.05, 0.1) is 42.7 Å². The molecule has 2 fully saturated rings. The molecule has 0 radical (unpaired) electrons. The summed E-state index contributed by atoms with van der Waals surface area (Å²) in [5.74, 6) is -1.70. The van der Waals surface area contributed by atoms with Crippen molar-refractivity contribution in [1.82, 2.24) is 0 Å². The number of Topliss-reactive ketones (excluding diaryl/α,β-unsaturated/α-hetero) is 1. The number of ketones is 1. The van der Waals surface area contributed by atoms with Gasteiger partial charge in [-0.1, -0.05) is 53.7 Å². The molecular weight excluding hydrogens is 548 g/mol. The topological polar surface area (TPSA) is 123 Å². The quantitative estimate of drug-likeness (QED) is 0.231. The number of carbonyl (C=O) groups is 2. The number of carboxylic acids is 1. The standard InChI is InChI=1S/C35H56O8/c1-10-26(31-22(6)19-35(12-3,43-31)27-17-18-34(40,11-2)24(8)42-27)30(37)23(7)29(36)20(4)13-15-25-16-14-21(5)32(41-9)28(25)33(38)39/h14,16,20,22-24,26-27,29,31,36,40H,10-13,15,17-19H2,1-9H3,(H,38,39). The van der Waals surface area contributed by atoms with E-state index in [4.69, 9.17) is 14.2 Å². The van der Waals surface area contributed by atoms with Crippen LogP contribution in [0.25, 0.3) is 0 Å². The first kappa shape index (κ1) is 35.5. The summed E-state index contributed by atoms with van der Waals surface area (Å²) >= 11 is 0. The molecule has 10 unspecified atom stereocenters. The summed E-state index contributed by atoms with van der Waals surface area (Å²) < 4.78 is 18.7. The largest absolute Gasteiger partial charge is 0.496 e. The zero-order chi connectivity index (χ0) is 32.3. The van der Waals surface area contributed by atoms with Crippen LogP contribution in [0.5, 0.6) is 5.75 Å². The number of rotatable bonds is 14. The van der Waals surface area contributed by atoms with Crippen LogP contribution >= 0.6 is 0 Å². The van der Waals surface area contributed by atoms with Crippen molar-refractivity contribution in [1.29, 1.82) is 0 Å². The van der Waals surface area contributed by atoms with E-state index in [0.29, 0.717) is 43.4 Å². The number of carbonyl (C=O) groups excluding carboxylic acids is 1. The van der Waals surface area contributed by atoms with Gasteiger partial charge in [0.2, 0.25) is 0 Å². The summed E-state index contributed by atoms with van der Waals surface area (Å²) in [5, 5.41) is 32.1. The van der Waals surface area contributed by atoms with Crippen LogP contribution in [0, 0.1) is 30.6 Å². The average Bonchev–Trinajstić information content (AvgIpc) is 3.33. The molecule has 1 aromatic rings. The first-order chi connectivity index (χ1) is 20.2. The highest BCUT2D eigenvalue weighted by Gasteiger charge is 2.55. The molecule has 2 aliphatic rings. The SMILES string of the molecule is CCC(C(=O)C(C)C(O)C(C)CCc1ccc(C)c(OC)c1C(=O)O)C1OC(CC)(C2CCC(O)(CC)C(C)O2)CC1C. The fourth-order valence-electron chi connectivity index (χ4n) is 7.70. The Morgan fingerprint density at radius 1 is 1.14 bits per heavy atom. The summed E-state index contributed by atoms with van der Waals surface area (Å²) in [4.78, 5) is 26.0. The number of carboxylic acid groups (broad SMARTS) is 1. The first-order valence-corrected chi connectivity index (χ1v) is 16.4. The van der Waals surface area contributed by atoms with Gasteiger partial charge in [-0.3, -0.25) is 4.79 Å². The lowest BCUT2D eigenvalue weighted by Crippen LogP contribution is -2.55. The van der Waals surface area contributed by atoms with Crippen LogP contribution in [-0.2, 0) is 20.7 Å². The summed E-state index contributed by atoms with van der Waals surface area (Å²) in [6, 6.07) is 3.66. The highest BCUT2D eigenvalue weighted by atomic mass is 16.6. The predicted molar refractivity (Wildman–Crippen MR) is 167 cm³/mol. The Labute approximate surface area is 258 Å². The predicted octanol–water partition coefficient (Wildman–Crippen LogP) is 6.15. The average molecular weight is 605 g/mol. The van der Waals surface area contributed by atoms with Gasteiger partial charge < -0.3 is 29.5 Å². The lowest BCUT2D eigenvalue weighted by Gasteiger charge is -2.47. The van der Waals surface area contributed by atoms with E-state index in [2.05, 4.69) is 13.8 Å². The molecule has 2 aliphatic heterocycles. The van der Waals surface area contributed by atoms with E-state index in [9.17, 15) is 24.9 Å². The molecule has 8 heteroatoms. The first-order valence-electron chi connectivity index (χ1n) is 16.4. The molecule has 3 N–H and O–H groups in total. The molecule has 3 rings (SSSR count). The van der Waals surface area contributed by atoms with Crippen LogP contribution in [0.2, 0.25) is 0 Å². The minimum atomic E-state index is -1.04. The molecule has 43 heavy (non-hydrogen) atoms. The molecule has 0 bridgehead atoms. The fraction of sp³-hybridized carbons (Fsp3) is 0.771. The second-order valence-corrected chi connectivity index (χ2v) is 13.4. The highest BCUT2D eigenvalue weighted by Crippen LogP contribution is 2.48. The zero-order valence-corrected chi connectivity index (χ0v) is 27.8. The molecule has 0 saturated carbocycles. The Morgan fingerprint density at radius 3 is 2.35 bits per heavy atom. The van der Waals surface area contributed by atoms with Crippen LogP contribution in [0.1, 0.15) is 115 Å². The van der Waals surface area contributed by atoms with E-state index in [-0.39, 0.29) is 47.4 Å². The van der Waals surface area contributed by atoms with Crippen molar-refractivity contribution in [2.24, 2.45) is 23.7 Å². The highest BCUT2D eigenvalue weighted by molar-refractivity contribution is 5.93. The fourth-order valence-corrected chi connectivity index (χ4v) is 7.70. The smallest absolute Gasteiger partial charge is 0.339 e. The van der Waals surface area contributed by atoms with Gasteiger partial charge in [0.25, 0.3) is 0 Å². The second-order valence-electron chi connectivity index (χ2n) is 13.4. The van der Waals surface area contributed by atoms with Crippen LogP contribution in [0.4, 0.5) is 0 Å². The maximum atomic E-state index is 13.9. The number of aromatic carboxylic acids is 1. The van der Waals surface area contributed by atoms with E-state index in [0.717, 1.165) is 24.8 Å². The Hall–Kier alpha value is -2.00. The lowest BCUT2D eigenvalue weighted by atomic mass is 9.76. The number of aliphatic hydroxyl groups is 2. The summed E-state index contributed by atoms with van der Waals surface area (Å²) in [5.41, 5.74) is 0.235. The van der Waals surface area contributed by atoms with E-state index >= 15 is 0 Å². The van der Waals surface area contributed by atoms with Gasteiger partial charge in [-0.2, -0.15) is 0 Å².